The van der Waals surface area contributed by atoms with Crippen LogP contribution in [-0.2, 0) is 9.47 Å². The van der Waals surface area contributed by atoms with Gasteiger partial charge in [0.1, 0.15) is 0 Å². The molecule has 15 heavy (non-hydrogen) atoms. The van der Waals surface area contributed by atoms with E-state index in [-0.39, 0.29) is 0 Å². The minimum atomic E-state index is 0.689. The molecule has 0 aromatic rings. The van der Waals surface area contributed by atoms with E-state index in [9.17, 15) is 0 Å². The molecule has 0 spiro atoms. The van der Waals surface area contributed by atoms with E-state index in [1.54, 1.807) is 7.11 Å². The molecule has 0 saturated carbocycles. The van der Waals surface area contributed by atoms with Crippen molar-refractivity contribution < 1.29 is 9.47 Å². The van der Waals surface area contributed by atoms with Gasteiger partial charge in [-0.3, -0.25) is 0 Å². The number of ether oxygens (including phenoxy) is 2. The monoisotopic (exact) mass is 213 g/mol. The maximum atomic E-state index is 5.38. The van der Waals surface area contributed by atoms with Gasteiger partial charge in [0.05, 0.1) is 13.2 Å². The Kier molecular flexibility index (Phi) is 7.52. The van der Waals surface area contributed by atoms with E-state index in [4.69, 9.17) is 9.47 Å². The topological polar surface area (TPSA) is 30.5 Å². The Hall–Kier alpha value is -0.380. The highest BCUT2D eigenvalue weighted by molar-refractivity contribution is 4.92. The van der Waals surface area contributed by atoms with E-state index < -0.39 is 0 Å². The number of allylic oxidation sites excluding steroid dienone is 1. The molecule has 1 rings (SSSR count). The zero-order valence-electron chi connectivity index (χ0n) is 9.71. The lowest BCUT2D eigenvalue weighted by Crippen LogP contribution is -2.31. The average Bonchev–Trinajstić information content (AvgIpc) is 2.29. The van der Waals surface area contributed by atoms with Crippen molar-refractivity contribution in [3.8, 4) is 0 Å². The summed E-state index contributed by atoms with van der Waals surface area (Å²) >= 11 is 0. The van der Waals surface area contributed by atoms with E-state index in [2.05, 4.69) is 17.5 Å². The Morgan fingerprint density at radius 3 is 2.93 bits per heavy atom. The first-order valence-corrected chi connectivity index (χ1v) is 5.88. The van der Waals surface area contributed by atoms with Crippen LogP contribution in [0.1, 0.15) is 25.7 Å². The molecule has 0 aromatic heterocycles. The second-order valence-electron chi connectivity index (χ2n) is 3.89. The predicted molar refractivity (Wildman–Crippen MR) is 62.1 cm³/mol. The van der Waals surface area contributed by atoms with Crippen LogP contribution in [-0.4, -0.2) is 39.5 Å². The zero-order chi connectivity index (χ0) is 10.8. The van der Waals surface area contributed by atoms with Gasteiger partial charge in [0.25, 0.3) is 0 Å². The van der Waals surface area contributed by atoms with Crippen LogP contribution in [0.5, 0.6) is 0 Å². The van der Waals surface area contributed by atoms with Gasteiger partial charge in [-0.2, -0.15) is 0 Å². The van der Waals surface area contributed by atoms with Gasteiger partial charge < -0.3 is 14.8 Å². The largest absolute Gasteiger partial charge is 0.382 e. The fourth-order valence-electron chi connectivity index (χ4n) is 1.70. The van der Waals surface area contributed by atoms with Crippen molar-refractivity contribution in [3.63, 3.8) is 0 Å². The van der Waals surface area contributed by atoms with E-state index in [0.29, 0.717) is 19.3 Å². The van der Waals surface area contributed by atoms with Crippen LogP contribution in [0, 0.1) is 0 Å². The summed E-state index contributed by atoms with van der Waals surface area (Å²) in [5.74, 6) is 0. The molecule has 0 aromatic carbocycles. The number of hydrogen-bond acceptors (Lipinski definition) is 3. The smallest absolute Gasteiger partial charge is 0.0700 e. The Morgan fingerprint density at radius 2 is 2.20 bits per heavy atom. The second kappa shape index (κ2) is 8.89. The van der Waals surface area contributed by atoms with Crippen molar-refractivity contribution in [2.75, 3.05) is 33.5 Å². The van der Waals surface area contributed by atoms with Crippen LogP contribution >= 0.6 is 0 Å². The molecule has 0 aliphatic heterocycles. The quantitative estimate of drug-likeness (QED) is 0.492. The van der Waals surface area contributed by atoms with Gasteiger partial charge in [-0.05, 0) is 32.2 Å². The molecular weight excluding hydrogens is 190 g/mol. The van der Waals surface area contributed by atoms with Crippen molar-refractivity contribution in [1.82, 2.24) is 5.32 Å². The van der Waals surface area contributed by atoms with Gasteiger partial charge in [0.2, 0.25) is 0 Å². The number of nitrogens with one attached hydrogen (secondary N) is 1. The molecule has 0 bridgehead atoms. The lowest BCUT2D eigenvalue weighted by atomic mass is 10.0. The fourth-order valence-corrected chi connectivity index (χ4v) is 1.70. The van der Waals surface area contributed by atoms with Crippen LogP contribution < -0.4 is 5.32 Å². The Bertz CT molecular complexity index is 171. The van der Waals surface area contributed by atoms with Gasteiger partial charge in [-0.25, -0.2) is 0 Å². The highest BCUT2D eigenvalue weighted by Crippen LogP contribution is 2.09. The summed E-state index contributed by atoms with van der Waals surface area (Å²) in [6.45, 7) is 3.30. The summed E-state index contributed by atoms with van der Waals surface area (Å²) in [7, 11) is 1.70. The maximum absolute atomic E-state index is 5.38. The molecule has 1 unspecified atom stereocenters. The molecule has 0 radical (unpaired) electrons. The molecule has 1 atom stereocenters. The molecule has 88 valence electrons. The fraction of sp³-hybridized carbons (Fsp3) is 0.833. The summed E-state index contributed by atoms with van der Waals surface area (Å²) in [5, 5.41) is 3.55. The lowest BCUT2D eigenvalue weighted by molar-refractivity contribution is 0.0692. The number of methoxy groups -OCH3 is 1. The standard InChI is InChI=1S/C12H23NO2/c1-14-10-11-15-9-5-8-13-12-6-3-2-4-7-12/h2-3,12-13H,4-11H2,1H3. The number of rotatable bonds is 8. The van der Waals surface area contributed by atoms with Gasteiger partial charge in [-0.1, -0.05) is 12.2 Å². The number of hydrogen-bond donors (Lipinski definition) is 1. The van der Waals surface area contributed by atoms with Crippen LogP contribution in [0.2, 0.25) is 0 Å². The van der Waals surface area contributed by atoms with E-state index >= 15 is 0 Å². The van der Waals surface area contributed by atoms with Crippen LogP contribution in [0.15, 0.2) is 12.2 Å². The van der Waals surface area contributed by atoms with E-state index in [1.807, 2.05) is 0 Å². The average molecular weight is 213 g/mol. The molecule has 1 aliphatic carbocycles. The molecular formula is C12H23NO2. The molecule has 0 saturated heterocycles. The summed E-state index contributed by atoms with van der Waals surface area (Å²) in [6, 6.07) is 0.689. The van der Waals surface area contributed by atoms with Crippen molar-refractivity contribution >= 4 is 0 Å². The van der Waals surface area contributed by atoms with Crippen molar-refractivity contribution in [2.24, 2.45) is 0 Å². The van der Waals surface area contributed by atoms with Gasteiger partial charge in [-0.15, -0.1) is 0 Å². The SMILES string of the molecule is COCCOCCCNC1CC=CCC1. The third-order valence-electron chi connectivity index (χ3n) is 2.60. The van der Waals surface area contributed by atoms with Gasteiger partial charge in [0.15, 0.2) is 0 Å². The van der Waals surface area contributed by atoms with E-state index in [1.165, 1.54) is 19.3 Å². The minimum Gasteiger partial charge on any atom is -0.382 e. The highest BCUT2D eigenvalue weighted by Gasteiger charge is 2.07. The molecule has 0 amide bonds. The molecule has 3 nitrogen and oxygen atoms in total. The molecule has 0 fully saturated rings. The third-order valence-corrected chi connectivity index (χ3v) is 2.60. The van der Waals surface area contributed by atoms with Gasteiger partial charge >= 0.3 is 0 Å². The van der Waals surface area contributed by atoms with Crippen LogP contribution in [0.4, 0.5) is 0 Å². The van der Waals surface area contributed by atoms with Crippen molar-refractivity contribution in [3.05, 3.63) is 12.2 Å². The molecule has 3 heteroatoms. The molecule has 0 heterocycles. The Morgan fingerprint density at radius 1 is 1.27 bits per heavy atom. The molecule has 1 N–H and O–H groups in total. The second-order valence-corrected chi connectivity index (χ2v) is 3.89. The minimum absolute atomic E-state index is 0.689. The third kappa shape index (κ3) is 6.66. The first kappa shape index (κ1) is 12.7. The van der Waals surface area contributed by atoms with Crippen LogP contribution in [0.25, 0.3) is 0 Å². The predicted octanol–water partition coefficient (Wildman–Crippen LogP) is 1.74. The first-order chi connectivity index (χ1) is 7.43. The summed E-state index contributed by atoms with van der Waals surface area (Å²) in [5.41, 5.74) is 0. The maximum Gasteiger partial charge on any atom is 0.0700 e. The van der Waals surface area contributed by atoms with Crippen molar-refractivity contribution in [1.29, 1.82) is 0 Å². The highest BCUT2D eigenvalue weighted by atomic mass is 16.5. The zero-order valence-corrected chi connectivity index (χ0v) is 9.71. The van der Waals surface area contributed by atoms with Crippen LogP contribution in [0.3, 0.4) is 0 Å². The first-order valence-electron chi connectivity index (χ1n) is 5.88. The summed E-state index contributed by atoms with van der Waals surface area (Å²) in [4.78, 5) is 0. The Labute approximate surface area is 92.8 Å². The normalized spacial score (nSPS) is 20.7. The summed E-state index contributed by atoms with van der Waals surface area (Å²) < 4.78 is 10.3. The molecule has 1 aliphatic rings. The van der Waals surface area contributed by atoms with E-state index in [0.717, 1.165) is 19.6 Å². The van der Waals surface area contributed by atoms with Crippen molar-refractivity contribution in [2.45, 2.75) is 31.7 Å². The summed E-state index contributed by atoms with van der Waals surface area (Å²) in [6.07, 6.45) is 9.32. The Balaban J connectivity index is 1.82. The van der Waals surface area contributed by atoms with Gasteiger partial charge in [0, 0.05) is 19.8 Å². The lowest BCUT2D eigenvalue weighted by Gasteiger charge is -2.19.